The number of nitrogens with zero attached hydrogens (tertiary/aromatic N) is 3. The smallest absolute Gasteiger partial charge is 0.335 e. The van der Waals surface area contributed by atoms with Crippen LogP contribution in [0.15, 0.2) is 35.2 Å². The number of anilines is 1. The minimum absolute atomic E-state index is 0.0231. The van der Waals surface area contributed by atoms with Crippen molar-refractivity contribution in [2.24, 2.45) is 0 Å². The highest BCUT2D eigenvalue weighted by Crippen LogP contribution is 2.35. The molecule has 0 bridgehead atoms. The maximum Gasteiger partial charge on any atom is 0.335 e. The van der Waals surface area contributed by atoms with E-state index in [1.807, 2.05) is 4.90 Å². The summed E-state index contributed by atoms with van der Waals surface area (Å²) in [5.74, 6) is -1.06. The lowest BCUT2D eigenvalue weighted by Gasteiger charge is -2.33. The third-order valence-electron chi connectivity index (χ3n) is 4.70. The SMILES string of the molecule is O=C(O)c1cc(Cl)c2nc(N3CCN(S(=O)(=O)c4ccc(Cl)cc4Cl)CC3)sc2c1. The molecule has 1 aliphatic rings. The Balaban J connectivity index is 1.54. The van der Waals surface area contributed by atoms with Crippen LogP contribution in [0.25, 0.3) is 10.2 Å². The molecule has 1 N–H and O–H groups in total. The average molecular weight is 507 g/mol. The number of halogens is 3. The highest BCUT2D eigenvalue weighted by molar-refractivity contribution is 7.89. The first-order chi connectivity index (χ1) is 14.2. The standard InChI is InChI=1S/C18H14Cl3N3O4S2/c19-11-1-2-15(12(20)9-11)30(27,28)24-5-3-23(4-6-24)18-22-16-13(21)7-10(17(25)26)8-14(16)29-18/h1-2,7-9H,3-6H2,(H,25,26). The third-order valence-corrected chi connectivity index (χ3v) is 8.67. The Labute approximate surface area is 191 Å². The van der Waals surface area contributed by atoms with Gasteiger partial charge in [-0.05, 0) is 30.3 Å². The number of rotatable bonds is 4. The fourth-order valence-electron chi connectivity index (χ4n) is 3.18. The van der Waals surface area contributed by atoms with E-state index in [1.54, 1.807) is 0 Å². The fraction of sp³-hybridized carbons (Fsp3) is 0.222. The number of benzene rings is 2. The van der Waals surface area contributed by atoms with Crippen LogP contribution in [0, 0.1) is 0 Å². The first kappa shape index (κ1) is 21.6. The van der Waals surface area contributed by atoms with E-state index in [-0.39, 0.29) is 33.6 Å². The number of piperazine rings is 1. The van der Waals surface area contributed by atoms with Gasteiger partial charge in [-0.2, -0.15) is 4.31 Å². The molecule has 3 aromatic rings. The summed E-state index contributed by atoms with van der Waals surface area (Å²) in [7, 11) is -3.75. The molecule has 1 saturated heterocycles. The van der Waals surface area contributed by atoms with Crippen LogP contribution in [0.4, 0.5) is 5.13 Å². The molecule has 0 atom stereocenters. The summed E-state index contributed by atoms with van der Waals surface area (Å²) in [5.41, 5.74) is 0.628. The van der Waals surface area contributed by atoms with Crippen LogP contribution in [0.2, 0.25) is 15.1 Å². The van der Waals surface area contributed by atoms with Crippen molar-refractivity contribution in [2.75, 3.05) is 31.1 Å². The predicted molar refractivity (Wildman–Crippen MR) is 119 cm³/mol. The minimum Gasteiger partial charge on any atom is -0.478 e. The van der Waals surface area contributed by atoms with Gasteiger partial charge in [0.15, 0.2) is 5.13 Å². The van der Waals surface area contributed by atoms with Crippen LogP contribution >= 0.6 is 46.1 Å². The van der Waals surface area contributed by atoms with Crippen LogP contribution in [-0.2, 0) is 10.0 Å². The van der Waals surface area contributed by atoms with Gasteiger partial charge in [0, 0.05) is 31.2 Å². The summed E-state index contributed by atoms with van der Waals surface area (Å²) < 4.78 is 27.9. The van der Waals surface area contributed by atoms with Crippen LogP contribution in [0.5, 0.6) is 0 Å². The Morgan fingerprint density at radius 3 is 2.37 bits per heavy atom. The molecule has 1 aromatic heterocycles. The van der Waals surface area contributed by atoms with Gasteiger partial charge in [0.05, 0.1) is 20.3 Å². The molecule has 2 aromatic carbocycles. The lowest BCUT2D eigenvalue weighted by molar-refractivity contribution is 0.0697. The van der Waals surface area contributed by atoms with Gasteiger partial charge >= 0.3 is 5.97 Å². The molecule has 158 valence electrons. The molecule has 12 heteroatoms. The van der Waals surface area contributed by atoms with Gasteiger partial charge in [-0.25, -0.2) is 18.2 Å². The van der Waals surface area contributed by atoms with Crippen molar-refractivity contribution in [1.82, 2.24) is 9.29 Å². The van der Waals surface area contributed by atoms with E-state index >= 15 is 0 Å². The number of aromatic carboxylic acids is 1. The number of fused-ring (bicyclic) bond motifs is 1. The fourth-order valence-corrected chi connectivity index (χ4v) is 6.75. The van der Waals surface area contributed by atoms with Crippen LogP contribution in [-0.4, -0.2) is 55.0 Å². The zero-order valence-corrected chi connectivity index (χ0v) is 19.1. The summed E-state index contributed by atoms with van der Waals surface area (Å²) in [6.45, 7) is 1.36. The lowest BCUT2D eigenvalue weighted by atomic mass is 10.2. The van der Waals surface area contributed by atoms with Crippen LogP contribution in [0.1, 0.15) is 10.4 Å². The van der Waals surface area contributed by atoms with Crippen molar-refractivity contribution in [2.45, 2.75) is 4.90 Å². The van der Waals surface area contributed by atoms with Gasteiger partial charge in [0.2, 0.25) is 10.0 Å². The molecule has 0 aliphatic carbocycles. The van der Waals surface area contributed by atoms with E-state index in [0.29, 0.717) is 33.5 Å². The molecule has 4 rings (SSSR count). The number of thiazole rings is 1. The molecule has 30 heavy (non-hydrogen) atoms. The Morgan fingerprint density at radius 1 is 1.03 bits per heavy atom. The second-order valence-electron chi connectivity index (χ2n) is 6.57. The van der Waals surface area contributed by atoms with Gasteiger partial charge < -0.3 is 10.0 Å². The first-order valence-corrected chi connectivity index (χ1v) is 12.1. The highest BCUT2D eigenvalue weighted by Gasteiger charge is 2.31. The molecule has 2 heterocycles. The topological polar surface area (TPSA) is 90.8 Å². The Bertz CT molecular complexity index is 1260. The quantitative estimate of drug-likeness (QED) is 0.562. The number of hydrogen-bond acceptors (Lipinski definition) is 6. The molecule has 1 aliphatic heterocycles. The van der Waals surface area contributed by atoms with Gasteiger partial charge in [0.25, 0.3) is 0 Å². The predicted octanol–water partition coefficient (Wildman–Crippen LogP) is 4.47. The van der Waals surface area contributed by atoms with Gasteiger partial charge in [-0.1, -0.05) is 46.1 Å². The van der Waals surface area contributed by atoms with Crippen molar-refractivity contribution in [3.63, 3.8) is 0 Å². The van der Waals surface area contributed by atoms with E-state index in [2.05, 4.69) is 4.98 Å². The van der Waals surface area contributed by atoms with Crippen molar-refractivity contribution >= 4 is 77.5 Å². The number of sulfonamides is 1. The summed E-state index contributed by atoms with van der Waals surface area (Å²) >= 11 is 19.5. The highest BCUT2D eigenvalue weighted by atomic mass is 35.5. The average Bonchev–Trinajstić information content (AvgIpc) is 3.12. The summed E-state index contributed by atoms with van der Waals surface area (Å²) in [6.07, 6.45) is 0. The number of aromatic nitrogens is 1. The molecule has 0 saturated carbocycles. The van der Waals surface area contributed by atoms with Crippen molar-refractivity contribution in [3.05, 3.63) is 51.0 Å². The zero-order chi connectivity index (χ0) is 21.6. The minimum atomic E-state index is -3.75. The van der Waals surface area contributed by atoms with E-state index in [0.717, 1.165) is 0 Å². The number of carboxylic acids is 1. The van der Waals surface area contributed by atoms with E-state index in [1.165, 1.54) is 46.0 Å². The van der Waals surface area contributed by atoms with Crippen molar-refractivity contribution < 1.29 is 18.3 Å². The Hall–Kier alpha value is -1.62. The Morgan fingerprint density at radius 2 is 1.73 bits per heavy atom. The Kier molecular flexibility index (Phi) is 5.86. The van der Waals surface area contributed by atoms with Crippen molar-refractivity contribution in [3.8, 4) is 0 Å². The molecule has 0 radical (unpaired) electrons. The number of carbonyl (C=O) groups is 1. The summed E-state index contributed by atoms with van der Waals surface area (Å²) in [6, 6.07) is 7.21. The molecule has 0 unspecified atom stereocenters. The largest absolute Gasteiger partial charge is 0.478 e. The maximum atomic E-state index is 12.9. The molecular weight excluding hydrogens is 493 g/mol. The van der Waals surface area contributed by atoms with Gasteiger partial charge in [0.1, 0.15) is 10.4 Å². The number of hydrogen-bond donors (Lipinski definition) is 1. The van der Waals surface area contributed by atoms with E-state index in [9.17, 15) is 18.3 Å². The lowest BCUT2D eigenvalue weighted by Crippen LogP contribution is -2.48. The van der Waals surface area contributed by atoms with Crippen LogP contribution in [0.3, 0.4) is 0 Å². The molecule has 1 fully saturated rings. The molecule has 7 nitrogen and oxygen atoms in total. The second kappa shape index (κ2) is 8.14. The summed E-state index contributed by atoms with van der Waals surface area (Å²) in [4.78, 5) is 17.7. The van der Waals surface area contributed by atoms with Gasteiger partial charge in [-0.15, -0.1) is 0 Å². The monoisotopic (exact) mass is 505 g/mol. The summed E-state index contributed by atoms with van der Waals surface area (Å²) in [5, 5.41) is 10.6. The van der Waals surface area contributed by atoms with Crippen LogP contribution < -0.4 is 4.90 Å². The van der Waals surface area contributed by atoms with Crippen molar-refractivity contribution in [1.29, 1.82) is 0 Å². The zero-order valence-electron chi connectivity index (χ0n) is 15.2. The third kappa shape index (κ3) is 3.98. The van der Waals surface area contributed by atoms with Gasteiger partial charge in [-0.3, -0.25) is 0 Å². The van der Waals surface area contributed by atoms with E-state index in [4.69, 9.17) is 34.8 Å². The maximum absolute atomic E-state index is 12.9. The molecule has 0 spiro atoms. The first-order valence-electron chi connectivity index (χ1n) is 8.70. The van der Waals surface area contributed by atoms with E-state index < -0.39 is 16.0 Å². The molecule has 0 amide bonds. The second-order valence-corrected chi connectivity index (χ2v) is 10.7. The normalized spacial score (nSPS) is 15.6. The molecular formula is C18H14Cl3N3O4S2. The number of carboxylic acid groups (broad SMARTS) is 1.